The Morgan fingerprint density at radius 1 is 0.966 bits per heavy atom. The molecule has 8 atom stereocenters. The van der Waals surface area contributed by atoms with E-state index in [4.69, 9.17) is 16.2 Å². The molecule has 1 saturated heterocycles. The van der Waals surface area contributed by atoms with Crippen molar-refractivity contribution in [1.29, 1.82) is 0 Å². The summed E-state index contributed by atoms with van der Waals surface area (Å²) in [5.74, 6) is 7.25. The number of aliphatic hydroxyl groups excluding tert-OH is 2. The number of guanidine groups is 1. The number of hydrogen-bond donors (Lipinski definition) is 7. The molecular weight excluding hydrogens is 733 g/mol. The summed E-state index contributed by atoms with van der Waals surface area (Å²) in [6, 6.07) is 11.2. The van der Waals surface area contributed by atoms with Crippen LogP contribution in [0.5, 0.6) is 17.2 Å². The predicted molar refractivity (Wildman–Crippen MR) is 225 cm³/mol. The van der Waals surface area contributed by atoms with Gasteiger partial charge in [-0.05, 0) is 151 Å². The maximum absolute atomic E-state index is 13.8. The van der Waals surface area contributed by atoms with Crippen LogP contribution in [-0.4, -0.2) is 70.3 Å². The van der Waals surface area contributed by atoms with Crippen LogP contribution in [0.15, 0.2) is 41.4 Å². The summed E-state index contributed by atoms with van der Waals surface area (Å²) < 4.78 is 5.49. The van der Waals surface area contributed by atoms with Crippen LogP contribution in [0.4, 0.5) is 0 Å². The van der Waals surface area contributed by atoms with Gasteiger partial charge in [0.05, 0.1) is 19.3 Å². The number of phenolic OH excluding ortho intramolecular Hbond substituents is 2. The molecule has 2 fully saturated rings. The van der Waals surface area contributed by atoms with Crippen molar-refractivity contribution in [3.05, 3.63) is 64.2 Å². The second-order valence-corrected chi connectivity index (χ2v) is 17.2. The Kier molecular flexibility index (Phi) is 13.3. The molecule has 0 amide bonds. The summed E-state index contributed by atoms with van der Waals surface area (Å²) in [7, 11) is 1.50. The Hall–Kier alpha value is -4.63. The molecule has 1 heterocycles. The zero-order valence-electron chi connectivity index (χ0n) is 33.7. The summed E-state index contributed by atoms with van der Waals surface area (Å²) >= 11 is 0. The molecule has 9 N–H and O–H groups in total. The minimum Gasteiger partial charge on any atom is -0.508 e. The van der Waals surface area contributed by atoms with Gasteiger partial charge in [0.2, 0.25) is 0 Å². The van der Waals surface area contributed by atoms with Crippen molar-refractivity contribution < 1.29 is 34.8 Å². The molecule has 310 valence electrons. The average Bonchev–Trinajstić information content (AvgIpc) is 3.25. The van der Waals surface area contributed by atoms with Crippen molar-refractivity contribution in [2.75, 3.05) is 20.2 Å². The molecule has 0 radical (unpaired) electrons. The number of aromatic hydroxyl groups is 2. The molecule has 3 aromatic rings. The van der Waals surface area contributed by atoms with Gasteiger partial charge >= 0.3 is 0 Å². The lowest BCUT2D eigenvalue weighted by Crippen LogP contribution is -2.48. The first kappa shape index (κ1) is 41.5. The zero-order chi connectivity index (χ0) is 40.9. The van der Waals surface area contributed by atoms with Gasteiger partial charge in [-0.15, -0.1) is 0 Å². The number of phenols is 2. The van der Waals surface area contributed by atoms with Crippen molar-refractivity contribution in [3.63, 3.8) is 0 Å². The van der Waals surface area contributed by atoms with Crippen LogP contribution < -0.4 is 21.5 Å². The number of ketones is 2. The van der Waals surface area contributed by atoms with Crippen molar-refractivity contribution in [1.82, 2.24) is 5.32 Å². The number of fused-ring (bicyclic) bond motifs is 5. The first-order valence-electron chi connectivity index (χ1n) is 21.4. The van der Waals surface area contributed by atoms with Gasteiger partial charge in [0.1, 0.15) is 17.5 Å². The number of nitrogens with one attached hydrogen (secondary N) is 1. The Morgan fingerprint density at radius 2 is 1.81 bits per heavy atom. The number of hydrogen-bond acceptors (Lipinski definition) is 9. The minimum atomic E-state index is -0.900. The molecular formula is C47H60N4O7. The van der Waals surface area contributed by atoms with Crippen molar-refractivity contribution in [2.45, 2.75) is 120 Å². The van der Waals surface area contributed by atoms with Crippen LogP contribution in [0.25, 0.3) is 10.8 Å². The van der Waals surface area contributed by atoms with Crippen molar-refractivity contribution in [3.8, 4) is 29.1 Å². The van der Waals surface area contributed by atoms with E-state index in [-0.39, 0.29) is 35.6 Å². The number of nitrogens with zero attached hydrogens (tertiary/aromatic N) is 1. The highest BCUT2D eigenvalue weighted by molar-refractivity contribution is 5.91. The van der Waals surface area contributed by atoms with E-state index in [1.54, 1.807) is 24.3 Å². The van der Waals surface area contributed by atoms with E-state index in [9.17, 15) is 30.0 Å². The lowest BCUT2D eigenvalue weighted by molar-refractivity contribution is -0.124. The van der Waals surface area contributed by atoms with Crippen molar-refractivity contribution in [2.24, 2.45) is 40.1 Å². The van der Waals surface area contributed by atoms with Crippen LogP contribution in [0, 0.1) is 35.5 Å². The van der Waals surface area contributed by atoms with Gasteiger partial charge in [-0.2, -0.15) is 0 Å². The molecule has 7 rings (SSSR count). The molecule has 58 heavy (non-hydrogen) atoms. The van der Waals surface area contributed by atoms with E-state index in [0.717, 1.165) is 90.1 Å². The fourth-order valence-corrected chi connectivity index (χ4v) is 10.3. The fraction of sp³-hybridized carbons (Fsp3) is 0.553. The SMILES string of the molecule is COc1cc2c(cc1O)C(C1CCCc3c(cc(CCN=C(N)N)c4cc(O)ccc34)C(O)C1)C#CC(C(O)CCCCC1CNC3CC(=O)CCC3C1)C(=O)CC2. The van der Waals surface area contributed by atoms with E-state index in [2.05, 4.69) is 22.2 Å². The van der Waals surface area contributed by atoms with Crippen LogP contribution in [0.2, 0.25) is 0 Å². The molecule has 4 aliphatic rings. The zero-order valence-corrected chi connectivity index (χ0v) is 33.7. The van der Waals surface area contributed by atoms with Gasteiger partial charge in [-0.25, -0.2) is 0 Å². The minimum absolute atomic E-state index is 0.00312. The number of carbonyl (C=O) groups is 2. The van der Waals surface area contributed by atoms with Gasteiger partial charge in [-0.1, -0.05) is 36.8 Å². The van der Waals surface area contributed by atoms with Crippen LogP contribution >= 0.6 is 0 Å². The van der Waals surface area contributed by atoms with Crippen LogP contribution in [-0.2, 0) is 28.9 Å². The quantitative estimate of drug-likeness (QED) is 0.0552. The third-order valence-corrected chi connectivity index (χ3v) is 13.4. The number of piperidine rings is 1. The average molecular weight is 793 g/mol. The number of benzene rings is 3. The topological polar surface area (TPSA) is 201 Å². The molecule has 0 bridgehead atoms. The number of carbonyl (C=O) groups excluding carboxylic acids is 2. The van der Waals surface area contributed by atoms with E-state index >= 15 is 0 Å². The molecule has 3 aliphatic carbocycles. The standard InChI is InChI=1S/C47H60N4O7/c1-58-46-22-29-10-16-43(55)37(42(54)8-3-2-5-27-19-31-9-11-33(53)24-41(31)51-26-27)15-14-34(39(29)25-45(46)57)28-6-4-7-35-36-13-12-32(52)23-38(36)30(17-18-50-47(48)49)20-40(35)44(56)21-28/h12-13,20,22-23,25,27-28,31,34,37,41-42,44,51-52,54,56-57H,2-11,16-19,21,24,26H2,1H3,(H4,48,49,50). The van der Waals surface area contributed by atoms with Gasteiger partial charge < -0.3 is 41.9 Å². The van der Waals surface area contributed by atoms with E-state index in [1.165, 1.54) is 7.11 Å². The Morgan fingerprint density at radius 3 is 2.62 bits per heavy atom. The number of aliphatic imine (C=N–C) groups is 1. The number of unbranched alkanes of at least 4 members (excludes halogenated alkanes) is 1. The normalized spacial score (nSPS) is 26.6. The Labute approximate surface area is 341 Å². The second-order valence-electron chi connectivity index (χ2n) is 17.2. The summed E-state index contributed by atoms with van der Waals surface area (Å²) in [5.41, 5.74) is 15.7. The van der Waals surface area contributed by atoms with Crippen LogP contribution in [0.1, 0.15) is 117 Å². The highest BCUT2D eigenvalue weighted by atomic mass is 16.5. The summed E-state index contributed by atoms with van der Waals surface area (Å²) in [4.78, 5) is 29.9. The van der Waals surface area contributed by atoms with Gasteiger partial charge in [0.15, 0.2) is 23.2 Å². The monoisotopic (exact) mass is 792 g/mol. The third-order valence-electron chi connectivity index (χ3n) is 13.4. The summed E-state index contributed by atoms with van der Waals surface area (Å²) in [5, 5.41) is 50.6. The Bertz CT molecular complexity index is 2080. The largest absolute Gasteiger partial charge is 0.508 e. The molecule has 0 spiro atoms. The predicted octanol–water partition coefficient (Wildman–Crippen LogP) is 5.64. The van der Waals surface area contributed by atoms with E-state index < -0.39 is 24.0 Å². The maximum atomic E-state index is 13.8. The molecule has 1 saturated carbocycles. The molecule has 11 heteroatoms. The number of aryl methyl sites for hydroxylation is 2. The molecule has 8 unspecified atom stereocenters. The second kappa shape index (κ2) is 18.5. The number of methoxy groups -OCH3 is 1. The molecule has 1 aliphatic heterocycles. The number of Topliss-reactive ketones (excluding diaryl/α,β-unsaturated/α-hetero) is 2. The van der Waals surface area contributed by atoms with Crippen LogP contribution in [0.3, 0.4) is 0 Å². The highest BCUT2D eigenvalue weighted by Gasteiger charge is 2.36. The summed E-state index contributed by atoms with van der Waals surface area (Å²) in [6.07, 6.45) is 8.79. The van der Waals surface area contributed by atoms with Gasteiger partial charge in [0.25, 0.3) is 0 Å². The highest BCUT2D eigenvalue weighted by Crippen LogP contribution is 2.45. The first-order valence-corrected chi connectivity index (χ1v) is 21.4. The number of rotatable bonds is 11. The van der Waals surface area contributed by atoms with E-state index in [1.807, 2.05) is 12.1 Å². The fourth-order valence-electron chi connectivity index (χ4n) is 10.3. The number of aliphatic hydroxyl groups is 2. The number of ether oxygens (including phenoxy) is 1. The van der Waals surface area contributed by atoms with Crippen molar-refractivity contribution >= 4 is 28.3 Å². The molecule has 3 aromatic carbocycles. The third kappa shape index (κ3) is 9.46. The molecule has 11 nitrogen and oxygen atoms in total. The maximum Gasteiger partial charge on any atom is 0.185 e. The smallest absolute Gasteiger partial charge is 0.185 e. The first-order chi connectivity index (χ1) is 28.0. The lowest BCUT2D eigenvalue weighted by atomic mass is 9.74. The Balaban J connectivity index is 1.12. The number of nitrogens with two attached hydrogens (primary N) is 2. The van der Waals surface area contributed by atoms with Gasteiger partial charge in [0, 0.05) is 37.8 Å². The van der Waals surface area contributed by atoms with E-state index in [0.29, 0.717) is 80.9 Å². The molecule has 0 aromatic heterocycles. The summed E-state index contributed by atoms with van der Waals surface area (Å²) in [6.45, 7) is 1.29. The van der Waals surface area contributed by atoms with Gasteiger partial charge in [-0.3, -0.25) is 14.6 Å². The lowest BCUT2D eigenvalue weighted by Gasteiger charge is -2.39.